The molecule has 0 fully saturated rings. The molecule has 0 spiro atoms. The third-order valence-electron chi connectivity index (χ3n) is 2.38. The topological polar surface area (TPSA) is 86.9 Å². The summed E-state index contributed by atoms with van der Waals surface area (Å²) in [5.41, 5.74) is 0.827. The van der Waals surface area contributed by atoms with Gasteiger partial charge < -0.3 is 10.3 Å². The minimum absolute atomic E-state index is 0.211. The zero-order valence-electron chi connectivity index (χ0n) is 10.7. The monoisotopic (exact) mass is 300 g/mol. The Bertz CT molecular complexity index is 617. The van der Waals surface area contributed by atoms with Gasteiger partial charge in [0.05, 0.1) is 0 Å². The first kappa shape index (κ1) is 14.0. The van der Waals surface area contributed by atoms with Gasteiger partial charge in [0.15, 0.2) is 5.13 Å². The fraction of sp³-hybridized carbons (Fsp3) is 0.364. The predicted octanol–water partition coefficient (Wildman–Crippen LogP) is 1.77. The molecule has 0 radical (unpaired) electrons. The normalized spacial score (nSPS) is 11.9. The number of rotatable bonds is 6. The van der Waals surface area contributed by atoms with Crippen molar-refractivity contribution in [2.75, 3.05) is 4.72 Å². The SMILES string of the molecule is CC(C)NCc1cc(S(=O)(=O)Nc2nccs2)c[nH]1. The summed E-state index contributed by atoms with van der Waals surface area (Å²) in [4.78, 5) is 7.06. The van der Waals surface area contributed by atoms with E-state index in [2.05, 4.69) is 20.0 Å². The van der Waals surface area contributed by atoms with Crippen molar-refractivity contribution >= 4 is 26.5 Å². The highest BCUT2D eigenvalue weighted by atomic mass is 32.2. The smallest absolute Gasteiger partial charge is 0.265 e. The van der Waals surface area contributed by atoms with E-state index in [1.54, 1.807) is 17.6 Å². The maximum Gasteiger partial charge on any atom is 0.265 e. The Labute approximate surface area is 116 Å². The number of hydrogen-bond donors (Lipinski definition) is 3. The number of H-pyrrole nitrogens is 1. The van der Waals surface area contributed by atoms with Crippen LogP contribution in [0, 0.1) is 0 Å². The molecule has 0 saturated heterocycles. The van der Waals surface area contributed by atoms with E-state index in [0.717, 1.165) is 5.69 Å². The number of hydrogen-bond acceptors (Lipinski definition) is 5. The van der Waals surface area contributed by atoms with Crippen LogP contribution in [0.5, 0.6) is 0 Å². The molecule has 0 aromatic carbocycles. The van der Waals surface area contributed by atoms with Crippen LogP contribution in [0.1, 0.15) is 19.5 Å². The van der Waals surface area contributed by atoms with Crippen molar-refractivity contribution in [1.29, 1.82) is 0 Å². The summed E-state index contributed by atoms with van der Waals surface area (Å²) in [7, 11) is -3.56. The molecule has 104 valence electrons. The molecule has 6 nitrogen and oxygen atoms in total. The van der Waals surface area contributed by atoms with Gasteiger partial charge in [-0.05, 0) is 6.07 Å². The summed E-state index contributed by atoms with van der Waals surface area (Å²) in [6, 6.07) is 1.96. The molecular weight excluding hydrogens is 284 g/mol. The highest BCUT2D eigenvalue weighted by molar-refractivity contribution is 7.93. The second-order valence-corrected chi connectivity index (χ2v) is 6.92. The fourth-order valence-corrected chi connectivity index (χ4v) is 3.24. The van der Waals surface area contributed by atoms with Gasteiger partial charge in [0, 0.05) is 36.1 Å². The Balaban J connectivity index is 2.08. The fourth-order valence-electron chi connectivity index (χ4n) is 1.44. The summed E-state index contributed by atoms with van der Waals surface area (Å²) < 4.78 is 26.6. The first-order chi connectivity index (χ1) is 8.97. The average molecular weight is 300 g/mol. The van der Waals surface area contributed by atoms with Crippen LogP contribution in [-0.4, -0.2) is 24.4 Å². The number of sulfonamides is 1. The lowest BCUT2D eigenvalue weighted by atomic mass is 10.3. The van der Waals surface area contributed by atoms with Gasteiger partial charge in [-0.2, -0.15) is 0 Å². The molecular formula is C11H16N4O2S2. The summed E-state index contributed by atoms with van der Waals surface area (Å²) >= 11 is 1.24. The van der Waals surface area contributed by atoms with Crippen molar-refractivity contribution in [1.82, 2.24) is 15.3 Å². The standard InChI is InChI=1S/C11H16N4O2S2/c1-8(2)13-6-9-5-10(7-14-9)19(16,17)15-11-12-3-4-18-11/h3-5,7-8,13-14H,6H2,1-2H3,(H,12,15). The lowest BCUT2D eigenvalue weighted by molar-refractivity contribution is 0.582. The van der Waals surface area contributed by atoms with E-state index in [0.29, 0.717) is 17.7 Å². The van der Waals surface area contributed by atoms with E-state index in [9.17, 15) is 8.42 Å². The predicted molar refractivity (Wildman–Crippen MR) is 75.7 cm³/mol. The molecule has 2 rings (SSSR count). The van der Waals surface area contributed by atoms with Crippen molar-refractivity contribution in [3.8, 4) is 0 Å². The zero-order chi connectivity index (χ0) is 13.9. The molecule has 2 aromatic rings. The summed E-state index contributed by atoms with van der Waals surface area (Å²) in [6.07, 6.45) is 3.03. The van der Waals surface area contributed by atoms with Crippen molar-refractivity contribution in [3.05, 3.63) is 29.5 Å². The Hall–Kier alpha value is -1.38. The molecule has 3 N–H and O–H groups in total. The molecule has 0 unspecified atom stereocenters. The molecule has 8 heteroatoms. The number of thiazole rings is 1. The van der Waals surface area contributed by atoms with E-state index < -0.39 is 10.0 Å². The maximum atomic E-state index is 12.1. The molecule has 2 heterocycles. The Morgan fingerprint density at radius 2 is 2.26 bits per heavy atom. The Morgan fingerprint density at radius 1 is 1.47 bits per heavy atom. The molecule has 0 aliphatic heterocycles. The first-order valence-electron chi connectivity index (χ1n) is 5.80. The van der Waals surface area contributed by atoms with E-state index in [1.165, 1.54) is 17.5 Å². The number of aromatic nitrogens is 2. The lowest BCUT2D eigenvalue weighted by Crippen LogP contribution is -2.21. The van der Waals surface area contributed by atoms with Gasteiger partial charge in [-0.3, -0.25) is 4.72 Å². The van der Waals surface area contributed by atoms with Gasteiger partial charge in [-0.15, -0.1) is 11.3 Å². The molecule has 0 amide bonds. The minimum atomic E-state index is -3.56. The number of nitrogens with one attached hydrogen (secondary N) is 3. The van der Waals surface area contributed by atoms with E-state index in [1.807, 2.05) is 13.8 Å². The third-order valence-corrected chi connectivity index (χ3v) is 4.52. The molecule has 0 aliphatic rings. The van der Waals surface area contributed by atoms with E-state index in [-0.39, 0.29) is 4.90 Å². The van der Waals surface area contributed by atoms with Crippen molar-refractivity contribution in [2.24, 2.45) is 0 Å². The average Bonchev–Trinajstić information content (AvgIpc) is 2.96. The lowest BCUT2D eigenvalue weighted by Gasteiger charge is -2.05. The van der Waals surface area contributed by atoms with E-state index in [4.69, 9.17) is 0 Å². The summed E-state index contributed by atoms with van der Waals surface area (Å²) in [6.45, 7) is 4.67. The van der Waals surface area contributed by atoms with Gasteiger partial charge >= 0.3 is 0 Å². The van der Waals surface area contributed by atoms with Crippen LogP contribution in [0.4, 0.5) is 5.13 Å². The second-order valence-electron chi connectivity index (χ2n) is 4.34. The summed E-state index contributed by atoms with van der Waals surface area (Å²) in [5, 5.41) is 5.29. The molecule has 0 bridgehead atoms. The first-order valence-corrected chi connectivity index (χ1v) is 8.16. The molecule has 0 saturated carbocycles. The largest absolute Gasteiger partial charge is 0.363 e. The number of anilines is 1. The zero-order valence-corrected chi connectivity index (χ0v) is 12.3. The molecule has 19 heavy (non-hydrogen) atoms. The van der Waals surface area contributed by atoms with Crippen molar-refractivity contribution in [2.45, 2.75) is 31.3 Å². The van der Waals surface area contributed by atoms with Gasteiger partial charge in [0.2, 0.25) is 0 Å². The third kappa shape index (κ3) is 3.79. The van der Waals surface area contributed by atoms with Gasteiger partial charge in [0.1, 0.15) is 4.90 Å². The van der Waals surface area contributed by atoms with Gasteiger partial charge in [-0.1, -0.05) is 13.8 Å². The van der Waals surface area contributed by atoms with Crippen LogP contribution in [0.3, 0.4) is 0 Å². The van der Waals surface area contributed by atoms with Crippen LogP contribution in [-0.2, 0) is 16.6 Å². The minimum Gasteiger partial charge on any atom is -0.363 e. The van der Waals surface area contributed by atoms with Crippen LogP contribution < -0.4 is 10.0 Å². The van der Waals surface area contributed by atoms with E-state index >= 15 is 0 Å². The van der Waals surface area contributed by atoms with Crippen LogP contribution in [0.25, 0.3) is 0 Å². The molecule has 0 aliphatic carbocycles. The highest BCUT2D eigenvalue weighted by Crippen LogP contribution is 2.18. The molecule has 2 aromatic heterocycles. The van der Waals surface area contributed by atoms with Crippen LogP contribution >= 0.6 is 11.3 Å². The number of aromatic amines is 1. The highest BCUT2D eigenvalue weighted by Gasteiger charge is 2.17. The van der Waals surface area contributed by atoms with Gasteiger partial charge in [-0.25, -0.2) is 13.4 Å². The van der Waals surface area contributed by atoms with Crippen molar-refractivity contribution in [3.63, 3.8) is 0 Å². The quantitative estimate of drug-likeness (QED) is 0.759. The maximum absolute atomic E-state index is 12.1. The van der Waals surface area contributed by atoms with Gasteiger partial charge in [0.25, 0.3) is 10.0 Å². The second kappa shape index (κ2) is 5.72. The molecule has 0 atom stereocenters. The Morgan fingerprint density at radius 3 is 2.89 bits per heavy atom. The van der Waals surface area contributed by atoms with Crippen LogP contribution in [0.15, 0.2) is 28.7 Å². The number of nitrogens with zero attached hydrogens (tertiary/aromatic N) is 1. The Kier molecular flexibility index (Phi) is 4.23. The van der Waals surface area contributed by atoms with Crippen LogP contribution in [0.2, 0.25) is 0 Å². The van der Waals surface area contributed by atoms with Crippen molar-refractivity contribution < 1.29 is 8.42 Å². The summed E-state index contributed by atoms with van der Waals surface area (Å²) in [5.74, 6) is 0.